The minimum atomic E-state index is -0.585. The molecule has 0 spiro atoms. The lowest BCUT2D eigenvalue weighted by Gasteiger charge is -2.15. The number of rotatable bonds is 6. The average Bonchev–Trinajstić information content (AvgIpc) is 3.15. The van der Waals surface area contributed by atoms with Crippen molar-refractivity contribution >= 4 is 17.2 Å². The quantitative estimate of drug-likeness (QED) is 0.878. The van der Waals surface area contributed by atoms with E-state index in [9.17, 15) is 4.79 Å². The van der Waals surface area contributed by atoms with Gasteiger partial charge in [-0.05, 0) is 26.0 Å². The number of ether oxygens (including phenoxy) is 3. The van der Waals surface area contributed by atoms with Gasteiger partial charge in [-0.3, -0.25) is 4.79 Å². The van der Waals surface area contributed by atoms with E-state index in [0.717, 1.165) is 12.1 Å². The second-order valence-corrected chi connectivity index (χ2v) is 6.12. The predicted octanol–water partition coefficient (Wildman–Crippen LogP) is 2.31. The number of hydrogen-bond donors (Lipinski definition) is 1. The molecule has 0 fully saturated rings. The number of nitrogens with zero attached hydrogens (tertiary/aromatic N) is 1. The molecular formula is C16H18N2O4S. The molecule has 0 saturated heterocycles. The topological polar surface area (TPSA) is 69.7 Å². The smallest absolute Gasteiger partial charge is 0.260 e. The second kappa shape index (κ2) is 6.87. The number of fused-ring (bicyclic) bond motifs is 1. The van der Waals surface area contributed by atoms with Crippen LogP contribution < -0.4 is 19.5 Å². The van der Waals surface area contributed by atoms with Gasteiger partial charge in [0.15, 0.2) is 17.6 Å². The highest BCUT2D eigenvalue weighted by atomic mass is 32.1. The van der Waals surface area contributed by atoms with Crippen LogP contribution in [0.15, 0.2) is 23.7 Å². The van der Waals surface area contributed by atoms with Gasteiger partial charge in [-0.25, -0.2) is 4.98 Å². The molecule has 3 rings (SSSR count). The van der Waals surface area contributed by atoms with Crippen molar-refractivity contribution in [2.75, 3.05) is 13.3 Å². The number of amides is 1. The van der Waals surface area contributed by atoms with Crippen LogP contribution in [0.4, 0.5) is 0 Å². The fraction of sp³-hybridized carbons (Fsp3) is 0.375. The fourth-order valence-corrected chi connectivity index (χ4v) is 3.00. The molecule has 0 bridgehead atoms. The average molecular weight is 334 g/mol. The number of benzene rings is 1. The van der Waals surface area contributed by atoms with Crippen molar-refractivity contribution in [2.24, 2.45) is 0 Å². The molecule has 1 amide bonds. The van der Waals surface area contributed by atoms with Gasteiger partial charge in [0.1, 0.15) is 5.75 Å². The summed E-state index contributed by atoms with van der Waals surface area (Å²) in [5.74, 6) is 1.75. The molecule has 1 aromatic heterocycles. The molecule has 0 saturated carbocycles. The van der Waals surface area contributed by atoms with Crippen LogP contribution >= 0.6 is 11.3 Å². The van der Waals surface area contributed by atoms with Crippen molar-refractivity contribution < 1.29 is 19.0 Å². The summed E-state index contributed by atoms with van der Waals surface area (Å²) in [6.07, 6.45) is 0.192. The molecule has 1 N–H and O–H groups in total. The van der Waals surface area contributed by atoms with Crippen molar-refractivity contribution in [2.45, 2.75) is 26.4 Å². The molecule has 23 heavy (non-hydrogen) atoms. The van der Waals surface area contributed by atoms with Gasteiger partial charge in [0.2, 0.25) is 6.79 Å². The standard InChI is InChI=1S/C16H18N2O4S/c1-10-15(23-8-18-10)5-6-17-16(19)11(2)22-12-3-4-13-14(7-12)21-9-20-13/h3-4,7-8,11H,5-6,9H2,1-2H3,(H,17,19). The zero-order valence-corrected chi connectivity index (χ0v) is 13.8. The summed E-state index contributed by atoms with van der Waals surface area (Å²) in [5.41, 5.74) is 2.84. The molecule has 2 aromatic rings. The minimum absolute atomic E-state index is 0.148. The highest BCUT2D eigenvalue weighted by molar-refractivity contribution is 7.09. The summed E-state index contributed by atoms with van der Waals surface area (Å²) in [6, 6.07) is 5.26. The van der Waals surface area contributed by atoms with E-state index in [1.165, 1.54) is 4.88 Å². The van der Waals surface area contributed by atoms with Gasteiger partial charge in [-0.15, -0.1) is 11.3 Å². The second-order valence-electron chi connectivity index (χ2n) is 5.18. The molecule has 0 radical (unpaired) electrons. The summed E-state index contributed by atoms with van der Waals surface area (Å²) >= 11 is 1.60. The van der Waals surface area contributed by atoms with Crippen molar-refractivity contribution in [3.8, 4) is 17.2 Å². The molecule has 1 unspecified atom stereocenters. The first-order chi connectivity index (χ1) is 11.1. The number of aromatic nitrogens is 1. The van der Waals surface area contributed by atoms with Gasteiger partial charge >= 0.3 is 0 Å². The normalized spacial score (nSPS) is 13.7. The summed E-state index contributed by atoms with van der Waals surface area (Å²) in [6.45, 7) is 4.47. The molecule has 6 nitrogen and oxygen atoms in total. The van der Waals surface area contributed by atoms with E-state index in [0.29, 0.717) is 23.8 Å². The molecule has 2 heterocycles. The van der Waals surface area contributed by atoms with E-state index in [1.54, 1.807) is 36.5 Å². The van der Waals surface area contributed by atoms with E-state index < -0.39 is 6.10 Å². The van der Waals surface area contributed by atoms with Crippen LogP contribution in [0.25, 0.3) is 0 Å². The Morgan fingerprint density at radius 3 is 3.04 bits per heavy atom. The van der Waals surface area contributed by atoms with Gasteiger partial charge in [0.25, 0.3) is 5.91 Å². The molecule has 1 aromatic carbocycles. The Kier molecular flexibility index (Phi) is 4.66. The SMILES string of the molecule is Cc1ncsc1CCNC(=O)C(C)Oc1ccc2c(c1)OCO2. The number of carbonyl (C=O) groups is 1. The lowest BCUT2D eigenvalue weighted by Crippen LogP contribution is -2.37. The van der Waals surface area contributed by atoms with E-state index in [-0.39, 0.29) is 12.7 Å². The molecule has 122 valence electrons. The zero-order chi connectivity index (χ0) is 16.2. The molecule has 1 aliphatic heterocycles. The van der Waals surface area contributed by atoms with Crippen molar-refractivity contribution in [1.82, 2.24) is 10.3 Å². The lowest BCUT2D eigenvalue weighted by atomic mass is 10.3. The van der Waals surface area contributed by atoms with E-state index >= 15 is 0 Å². The number of thiazole rings is 1. The maximum Gasteiger partial charge on any atom is 0.260 e. The van der Waals surface area contributed by atoms with Crippen LogP contribution in [-0.4, -0.2) is 30.3 Å². The van der Waals surface area contributed by atoms with E-state index in [4.69, 9.17) is 14.2 Å². The zero-order valence-electron chi connectivity index (χ0n) is 13.0. The fourth-order valence-electron chi connectivity index (χ4n) is 2.22. The van der Waals surface area contributed by atoms with Crippen LogP contribution in [-0.2, 0) is 11.2 Å². The Bertz CT molecular complexity index is 701. The van der Waals surface area contributed by atoms with Crippen LogP contribution in [0, 0.1) is 6.92 Å². The third kappa shape index (κ3) is 3.73. The Hall–Kier alpha value is -2.28. The highest BCUT2D eigenvalue weighted by Crippen LogP contribution is 2.35. The van der Waals surface area contributed by atoms with Gasteiger partial charge in [0, 0.05) is 23.9 Å². The molecule has 7 heteroatoms. The highest BCUT2D eigenvalue weighted by Gasteiger charge is 2.18. The Morgan fingerprint density at radius 1 is 1.43 bits per heavy atom. The predicted molar refractivity (Wildman–Crippen MR) is 86.2 cm³/mol. The summed E-state index contributed by atoms with van der Waals surface area (Å²) in [4.78, 5) is 17.5. The molecule has 1 aliphatic rings. The summed E-state index contributed by atoms with van der Waals surface area (Å²) in [5, 5.41) is 2.88. The maximum atomic E-state index is 12.1. The molecule has 0 aliphatic carbocycles. The number of hydrogen-bond acceptors (Lipinski definition) is 6. The van der Waals surface area contributed by atoms with Crippen molar-refractivity contribution in [3.63, 3.8) is 0 Å². The van der Waals surface area contributed by atoms with Crippen LogP contribution in [0.2, 0.25) is 0 Å². The largest absolute Gasteiger partial charge is 0.481 e. The van der Waals surface area contributed by atoms with Crippen molar-refractivity contribution in [1.29, 1.82) is 0 Å². The summed E-state index contributed by atoms with van der Waals surface area (Å²) in [7, 11) is 0. The van der Waals surface area contributed by atoms with Crippen LogP contribution in [0.5, 0.6) is 17.2 Å². The minimum Gasteiger partial charge on any atom is -0.481 e. The van der Waals surface area contributed by atoms with Gasteiger partial charge in [-0.1, -0.05) is 0 Å². The Balaban J connectivity index is 1.48. The number of aryl methyl sites for hydroxylation is 1. The molecular weight excluding hydrogens is 316 g/mol. The first kappa shape index (κ1) is 15.6. The monoisotopic (exact) mass is 334 g/mol. The first-order valence-corrected chi connectivity index (χ1v) is 8.24. The van der Waals surface area contributed by atoms with Gasteiger partial charge in [0.05, 0.1) is 11.2 Å². The molecule has 1 atom stereocenters. The third-order valence-corrected chi connectivity index (χ3v) is 4.52. The Labute approximate surface area is 138 Å². The first-order valence-electron chi connectivity index (χ1n) is 7.36. The third-order valence-electron chi connectivity index (χ3n) is 3.52. The van der Waals surface area contributed by atoms with Gasteiger partial charge in [-0.2, -0.15) is 0 Å². The van der Waals surface area contributed by atoms with Crippen LogP contribution in [0.3, 0.4) is 0 Å². The number of nitrogens with one attached hydrogen (secondary N) is 1. The number of carbonyl (C=O) groups excluding carboxylic acids is 1. The van der Waals surface area contributed by atoms with Gasteiger partial charge < -0.3 is 19.5 Å². The van der Waals surface area contributed by atoms with E-state index in [2.05, 4.69) is 10.3 Å². The Morgan fingerprint density at radius 2 is 2.26 bits per heavy atom. The lowest BCUT2D eigenvalue weighted by molar-refractivity contribution is -0.127. The maximum absolute atomic E-state index is 12.1. The van der Waals surface area contributed by atoms with Crippen LogP contribution in [0.1, 0.15) is 17.5 Å². The van der Waals surface area contributed by atoms with E-state index in [1.807, 2.05) is 12.4 Å². The summed E-state index contributed by atoms with van der Waals surface area (Å²) < 4.78 is 16.2. The van der Waals surface area contributed by atoms with Crippen molar-refractivity contribution in [3.05, 3.63) is 34.3 Å².